The first-order chi connectivity index (χ1) is 14.0. The minimum Gasteiger partial charge on any atom is -0.349 e. The van der Waals surface area contributed by atoms with Gasteiger partial charge in [0, 0.05) is 23.7 Å². The number of carbonyl (C=O) groups excluding carboxylic acids is 1. The lowest BCUT2D eigenvalue weighted by Crippen LogP contribution is -2.53. The number of hydrogen-bond acceptors (Lipinski definition) is 4. The molecule has 3 saturated heterocycles. The van der Waals surface area contributed by atoms with Crippen molar-refractivity contribution in [1.82, 2.24) is 14.9 Å². The normalized spacial score (nSPS) is 28.4. The van der Waals surface area contributed by atoms with Gasteiger partial charge in [0.25, 0.3) is 5.91 Å². The lowest BCUT2D eigenvalue weighted by Gasteiger charge is -2.39. The summed E-state index contributed by atoms with van der Waals surface area (Å²) in [7, 11) is -3.24. The van der Waals surface area contributed by atoms with E-state index in [1.807, 2.05) is 28.6 Å². The van der Waals surface area contributed by atoms with Gasteiger partial charge in [0.2, 0.25) is 10.0 Å². The van der Waals surface area contributed by atoms with Crippen LogP contribution in [0, 0.1) is 5.92 Å². The van der Waals surface area contributed by atoms with Crippen LogP contribution in [0.5, 0.6) is 0 Å². The Hall–Kier alpha value is -1.44. The third-order valence-electron chi connectivity index (χ3n) is 6.82. The van der Waals surface area contributed by atoms with Crippen LogP contribution in [0.2, 0.25) is 0 Å². The van der Waals surface area contributed by atoms with Gasteiger partial charge in [0.1, 0.15) is 0 Å². The summed E-state index contributed by atoms with van der Waals surface area (Å²) in [6.07, 6.45) is 6.05. The number of piperidine rings is 2. The van der Waals surface area contributed by atoms with E-state index in [-0.39, 0.29) is 35.7 Å². The lowest BCUT2D eigenvalue weighted by atomic mass is 9.99. The van der Waals surface area contributed by atoms with Crippen LogP contribution in [-0.2, 0) is 16.4 Å². The Morgan fingerprint density at radius 3 is 2.48 bits per heavy atom. The Morgan fingerprint density at radius 1 is 1.14 bits per heavy atom. The number of nitrogens with one attached hydrogen (secondary N) is 2. The Morgan fingerprint density at radius 2 is 1.83 bits per heavy atom. The second-order valence-corrected chi connectivity index (χ2v) is 10.8. The SMILES string of the molecule is CCc1cccc(C(=O)NC2CC3CCC(C2)N3S(=O)(=O)CC2CCNCC2)c1. The average molecular weight is 420 g/mol. The van der Waals surface area contributed by atoms with Crippen molar-refractivity contribution in [1.29, 1.82) is 0 Å². The standard InChI is InChI=1S/C22H33N3O3S/c1-2-16-4-3-5-18(12-16)22(26)24-19-13-20-6-7-21(14-19)25(20)29(27,28)15-17-8-10-23-11-9-17/h3-5,12,17,19-21,23H,2,6-11,13-15H2,1H3,(H,24,26). The van der Waals surface area contributed by atoms with E-state index in [1.54, 1.807) is 0 Å². The molecular weight excluding hydrogens is 386 g/mol. The number of rotatable bonds is 6. The van der Waals surface area contributed by atoms with Crippen LogP contribution in [0.3, 0.4) is 0 Å². The molecule has 4 rings (SSSR count). The van der Waals surface area contributed by atoms with Crippen molar-refractivity contribution in [3.63, 3.8) is 0 Å². The number of sulfonamides is 1. The predicted molar refractivity (Wildman–Crippen MR) is 114 cm³/mol. The van der Waals surface area contributed by atoms with Crippen molar-refractivity contribution in [2.45, 2.75) is 70.0 Å². The maximum absolute atomic E-state index is 13.2. The molecule has 160 valence electrons. The van der Waals surface area contributed by atoms with Gasteiger partial charge in [-0.2, -0.15) is 4.31 Å². The topological polar surface area (TPSA) is 78.5 Å². The minimum absolute atomic E-state index is 0.0349. The zero-order chi connectivity index (χ0) is 20.4. The fraction of sp³-hybridized carbons (Fsp3) is 0.682. The monoisotopic (exact) mass is 419 g/mol. The Labute approximate surface area is 174 Å². The van der Waals surface area contributed by atoms with Crippen LogP contribution in [0.1, 0.15) is 61.4 Å². The van der Waals surface area contributed by atoms with E-state index in [4.69, 9.17) is 0 Å². The smallest absolute Gasteiger partial charge is 0.251 e. The third-order valence-corrected chi connectivity index (χ3v) is 8.96. The number of fused-ring (bicyclic) bond motifs is 2. The minimum atomic E-state index is -3.24. The number of aryl methyl sites for hydroxylation is 1. The van der Waals surface area contributed by atoms with Crippen LogP contribution in [0.25, 0.3) is 0 Å². The van der Waals surface area contributed by atoms with Gasteiger partial charge in [-0.1, -0.05) is 19.1 Å². The van der Waals surface area contributed by atoms with Crippen LogP contribution in [0.4, 0.5) is 0 Å². The molecule has 3 heterocycles. The number of carbonyl (C=O) groups is 1. The van der Waals surface area contributed by atoms with Crippen LogP contribution >= 0.6 is 0 Å². The summed E-state index contributed by atoms with van der Waals surface area (Å²) in [5.41, 5.74) is 1.84. The molecule has 2 unspecified atom stereocenters. The molecule has 29 heavy (non-hydrogen) atoms. The Kier molecular flexibility index (Phi) is 6.27. The first kappa shape index (κ1) is 20.8. The van der Waals surface area contributed by atoms with Crippen LogP contribution in [-0.4, -0.2) is 55.6 Å². The highest BCUT2D eigenvalue weighted by molar-refractivity contribution is 7.89. The maximum atomic E-state index is 13.2. The molecule has 2 bridgehead atoms. The zero-order valence-corrected chi connectivity index (χ0v) is 18.1. The molecule has 3 fully saturated rings. The highest BCUT2D eigenvalue weighted by Crippen LogP contribution is 2.38. The molecule has 1 aromatic rings. The Bertz CT molecular complexity index is 821. The van der Waals surface area contributed by atoms with E-state index < -0.39 is 10.0 Å². The molecule has 0 spiro atoms. The largest absolute Gasteiger partial charge is 0.349 e. The number of amides is 1. The lowest BCUT2D eigenvalue weighted by molar-refractivity contribution is 0.0909. The molecule has 1 amide bonds. The van der Waals surface area contributed by atoms with Gasteiger partial charge in [-0.25, -0.2) is 8.42 Å². The van der Waals surface area contributed by atoms with Gasteiger partial charge in [0.05, 0.1) is 5.75 Å². The van der Waals surface area contributed by atoms with E-state index in [1.165, 1.54) is 0 Å². The zero-order valence-electron chi connectivity index (χ0n) is 17.3. The molecule has 6 nitrogen and oxygen atoms in total. The van der Waals surface area contributed by atoms with Crippen molar-refractivity contribution < 1.29 is 13.2 Å². The van der Waals surface area contributed by atoms with Gasteiger partial charge < -0.3 is 10.6 Å². The fourth-order valence-corrected chi connectivity index (χ4v) is 7.73. The van der Waals surface area contributed by atoms with E-state index in [9.17, 15) is 13.2 Å². The van der Waals surface area contributed by atoms with E-state index in [0.29, 0.717) is 5.56 Å². The molecule has 7 heteroatoms. The molecular formula is C22H33N3O3S. The molecule has 0 saturated carbocycles. The quantitative estimate of drug-likeness (QED) is 0.742. The third kappa shape index (κ3) is 4.67. The van der Waals surface area contributed by atoms with Crippen molar-refractivity contribution in [2.75, 3.05) is 18.8 Å². The predicted octanol–water partition coefficient (Wildman–Crippen LogP) is 2.30. The molecule has 2 atom stereocenters. The second kappa shape index (κ2) is 8.74. The summed E-state index contributed by atoms with van der Waals surface area (Å²) in [4.78, 5) is 12.7. The van der Waals surface area contributed by atoms with Gasteiger partial charge in [-0.15, -0.1) is 0 Å². The van der Waals surface area contributed by atoms with E-state index >= 15 is 0 Å². The summed E-state index contributed by atoms with van der Waals surface area (Å²) in [5, 5.41) is 6.48. The molecule has 0 aromatic heterocycles. The summed E-state index contributed by atoms with van der Waals surface area (Å²) >= 11 is 0. The highest BCUT2D eigenvalue weighted by Gasteiger charge is 2.47. The van der Waals surface area contributed by atoms with Crippen molar-refractivity contribution in [3.8, 4) is 0 Å². The molecule has 0 aliphatic carbocycles. The van der Waals surface area contributed by atoms with Gasteiger partial charge >= 0.3 is 0 Å². The Balaban J connectivity index is 1.39. The number of benzene rings is 1. The number of hydrogen-bond donors (Lipinski definition) is 2. The first-order valence-electron chi connectivity index (χ1n) is 11.1. The molecule has 1 aromatic carbocycles. The molecule has 3 aliphatic heterocycles. The van der Waals surface area contributed by atoms with Crippen molar-refractivity contribution in [2.24, 2.45) is 5.92 Å². The molecule has 0 radical (unpaired) electrons. The van der Waals surface area contributed by atoms with Crippen LogP contribution in [0.15, 0.2) is 24.3 Å². The van der Waals surface area contributed by atoms with Crippen LogP contribution < -0.4 is 10.6 Å². The summed E-state index contributed by atoms with van der Waals surface area (Å²) in [5.74, 6) is 0.502. The fourth-order valence-electron chi connectivity index (χ4n) is 5.34. The second-order valence-electron chi connectivity index (χ2n) is 8.88. The van der Waals surface area contributed by atoms with Gasteiger partial charge in [-0.3, -0.25) is 4.79 Å². The summed E-state index contributed by atoms with van der Waals surface area (Å²) in [6, 6.07) is 7.87. The highest BCUT2D eigenvalue weighted by atomic mass is 32.2. The molecule has 3 aliphatic rings. The molecule has 2 N–H and O–H groups in total. The average Bonchev–Trinajstić information content (AvgIpc) is 3.01. The number of nitrogens with zero attached hydrogens (tertiary/aromatic N) is 1. The van der Waals surface area contributed by atoms with Gasteiger partial charge in [0.15, 0.2) is 0 Å². The first-order valence-corrected chi connectivity index (χ1v) is 12.7. The summed E-state index contributed by atoms with van der Waals surface area (Å²) < 4.78 is 28.1. The van der Waals surface area contributed by atoms with E-state index in [2.05, 4.69) is 17.6 Å². The maximum Gasteiger partial charge on any atom is 0.251 e. The van der Waals surface area contributed by atoms with Crippen molar-refractivity contribution >= 4 is 15.9 Å². The summed E-state index contributed by atoms with van der Waals surface area (Å²) in [6.45, 7) is 3.91. The van der Waals surface area contributed by atoms with Crippen molar-refractivity contribution in [3.05, 3.63) is 35.4 Å². The van der Waals surface area contributed by atoms with E-state index in [0.717, 1.165) is 63.6 Å². The van der Waals surface area contributed by atoms with Gasteiger partial charge in [-0.05, 0) is 81.6 Å².